The van der Waals surface area contributed by atoms with Crippen molar-refractivity contribution in [2.24, 2.45) is 0 Å². The fourth-order valence-corrected chi connectivity index (χ4v) is 2.52. The highest BCUT2D eigenvalue weighted by Crippen LogP contribution is 2.17. The first-order valence-electron chi connectivity index (χ1n) is 7.92. The molecule has 0 unspecified atom stereocenters. The molecule has 1 atom stereocenters. The molecule has 1 heterocycles. The molecule has 0 radical (unpaired) electrons. The van der Waals surface area contributed by atoms with E-state index in [-0.39, 0.29) is 18.1 Å². The monoisotopic (exact) mass is 335 g/mol. The van der Waals surface area contributed by atoms with E-state index >= 15 is 0 Å². The maximum atomic E-state index is 11.9. The molecule has 1 saturated carbocycles. The number of ether oxygens (including phenoxy) is 1. The summed E-state index contributed by atoms with van der Waals surface area (Å²) in [7, 11) is 0. The lowest BCUT2D eigenvalue weighted by Gasteiger charge is -2.15. The Morgan fingerprint density at radius 2 is 2.00 bits per heavy atom. The second kappa shape index (κ2) is 8.28. The molecule has 3 amide bonds. The summed E-state index contributed by atoms with van der Waals surface area (Å²) in [6.45, 7) is 1.06. The highest BCUT2D eigenvalue weighted by atomic mass is 16.5. The molecule has 2 N–H and O–H groups in total. The van der Waals surface area contributed by atoms with Crippen molar-refractivity contribution in [1.82, 2.24) is 15.2 Å². The third-order valence-corrected chi connectivity index (χ3v) is 3.80. The number of nitrogens with zero attached hydrogens (tertiary/aromatic N) is 1. The number of imide groups is 1. The molecule has 1 aliphatic carbocycles. The first-order chi connectivity index (χ1) is 11.5. The average molecular weight is 335 g/mol. The lowest BCUT2D eigenvalue weighted by molar-refractivity contribution is -0.155. The summed E-state index contributed by atoms with van der Waals surface area (Å²) in [5.74, 6) is -1.44. The number of urea groups is 1. The van der Waals surface area contributed by atoms with Gasteiger partial charge in [0, 0.05) is 18.3 Å². The van der Waals surface area contributed by atoms with Gasteiger partial charge in [-0.05, 0) is 25.8 Å². The lowest BCUT2D eigenvalue weighted by Crippen LogP contribution is -2.47. The Morgan fingerprint density at radius 1 is 1.29 bits per heavy atom. The first kappa shape index (κ1) is 17.7. The van der Waals surface area contributed by atoms with Crippen molar-refractivity contribution in [3.63, 3.8) is 0 Å². The third kappa shape index (κ3) is 5.22. The predicted molar refractivity (Wildman–Crippen MR) is 85.2 cm³/mol. The maximum Gasteiger partial charge on any atom is 0.326 e. The van der Waals surface area contributed by atoms with Crippen LogP contribution in [0.5, 0.6) is 0 Å². The van der Waals surface area contributed by atoms with E-state index in [0.29, 0.717) is 0 Å². The highest BCUT2D eigenvalue weighted by Gasteiger charge is 2.22. The van der Waals surface area contributed by atoms with Gasteiger partial charge in [0.25, 0.3) is 11.5 Å². The smallest absolute Gasteiger partial charge is 0.326 e. The second-order valence-corrected chi connectivity index (χ2v) is 5.74. The standard InChI is InChI=1S/C16H21N3O5/c1-11(15(22)18-16(23)17-12-6-2-3-7-12)24-14(21)10-19-9-5-4-8-13(19)20/h4-5,8-9,11-12H,2-3,6-7,10H2,1H3,(H2,17,18,22,23)/t11-/m0/s1. The van der Waals surface area contributed by atoms with E-state index in [1.165, 1.54) is 23.8 Å². The Hall–Kier alpha value is -2.64. The maximum absolute atomic E-state index is 11.9. The normalized spacial score (nSPS) is 15.5. The van der Waals surface area contributed by atoms with E-state index < -0.39 is 24.0 Å². The van der Waals surface area contributed by atoms with Crippen LogP contribution in [0.1, 0.15) is 32.6 Å². The van der Waals surface area contributed by atoms with Gasteiger partial charge in [-0.15, -0.1) is 0 Å². The Bertz CT molecular complexity index is 664. The van der Waals surface area contributed by atoms with Gasteiger partial charge in [0.2, 0.25) is 0 Å². The summed E-state index contributed by atoms with van der Waals surface area (Å²) >= 11 is 0. The minimum atomic E-state index is -1.13. The first-order valence-corrected chi connectivity index (χ1v) is 7.92. The largest absolute Gasteiger partial charge is 0.451 e. The minimum Gasteiger partial charge on any atom is -0.451 e. The number of carbonyl (C=O) groups is 3. The lowest BCUT2D eigenvalue weighted by atomic mass is 10.2. The molecule has 8 heteroatoms. The van der Waals surface area contributed by atoms with Gasteiger partial charge in [0.1, 0.15) is 6.54 Å². The quantitative estimate of drug-likeness (QED) is 0.764. The molecule has 0 saturated heterocycles. The summed E-state index contributed by atoms with van der Waals surface area (Å²) in [6, 6.07) is 3.98. The highest BCUT2D eigenvalue weighted by molar-refractivity contribution is 5.97. The van der Waals surface area contributed by atoms with Crippen LogP contribution >= 0.6 is 0 Å². The predicted octanol–water partition coefficient (Wildman–Crippen LogP) is 0.548. The number of rotatable bonds is 5. The number of aromatic nitrogens is 1. The Labute approximate surface area is 139 Å². The van der Waals surface area contributed by atoms with Crippen LogP contribution in [-0.4, -0.2) is 34.6 Å². The summed E-state index contributed by atoms with van der Waals surface area (Å²) < 4.78 is 6.12. The number of nitrogens with one attached hydrogen (secondary N) is 2. The molecule has 1 aliphatic rings. The summed E-state index contributed by atoms with van der Waals surface area (Å²) in [5, 5.41) is 4.86. The summed E-state index contributed by atoms with van der Waals surface area (Å²) in [4.78, 5) is 46.9. The van der Waals surface area contributed by atoms with E-state index in [2.05, 4.69) is 10.6 Å². The molecule has 0 bridgehead atoms. The van der Waals surface area contributed by atoms with Gasteiger partial charge in [-0.25, -0.2) is 4.79 Å². The van der Waals surface area contributed by atoms with E-state index in [9.17, 15) is 19.2 Å². The van der Waals surface area contributed by atoms with Gasteiger partial charge in [0.15, 0.2) is 6.10 Å². The van der Waals surface area contributed by atoms with Gasteiger partial charge in [-0.3, -0.25) is 19.7 Å². The van der Waals surface area contributed by atoms with E-state index in [4.69, 9.17) is 4.74 Å². The zero-order valence-electron chi connectivity index (χ0n) is 13.5. The van der Waals surface area contributed by atoms with Gasteiger partial charge >= 0.3 is 12.0 Å². The molecule has 130 valence electrons. The average Bonchev–Trinajstić information content (AvgIpc) is 3.02. The van der Waals surface area contributed by atoms with Crippen LogP contribution < -0.4 is 16.2 Å². The Balaban J connectivity index is 1.78. The molecule has 0 aromatic carbocycles. The third-order valence-electron chi connectivity index (χ3n) is 3.80. The molecule has 1 aromatic rings. The zero-order chi connectivity index (χ0) is 17.5. The molecule has 0 aliphatic heterocycles. The van der Waals surface area contributed by atoms with Crippen molar-refractivity contribution in [3.05, 3.63) is 34.7 Å². The van der Waals surface area contributed by atoms with Crippen LogP contribution in [0.25, 0.3) is 0 Å². The molecular weight excluding hydrogens is 314 g/mol. The second-order valence-electron chi connectivity index (χ2n) is 5.74. The van der Waals surface area contributed by atoms with Gasteiger partial charge in [-0.2, -0.15) is 0 Å². The van der Waals surface area contributed by atoms with Crippen molar-refractivity contribution < 1.29 is 19.1 Å². The molecule has 1 aromatic heterocycles. The van der Waals surface area contributed by atoms with Crippen LogP contribution in [0.15, 0.2) is 29.2 Å². The summed E-state index contributed by atoms with van der Waals surface area (Å²) in [6.07, 6.45) is 4.24. The molecular formula is C16H21N3O5. The minimum absolute atomic E-state index is 0.0839. The van der Waals surface area contributed by atoms with E-state index in [1.807, 2.05) is 0 Å². The fourth-order valence-electron chi connectivity index (χ4n) is 2.52. The van der Waals surface area contributed by atoms with Gasteiger partial charge in [-0.1, -0.05) is 18.9 Å². The number of esters is 1. The van der Waals surface area contributed by atoms with Gasteiger partial charge in [0.05, 0.1) is 0 Å². The van der Waals surface area contributed by atoms with Crippen molar-refractivity contribution in [2.45, 2.75) is 51.3 Å². The molecule has 8 nitrogen and oxygen atoms in total. The number of amides is 3. The number of pyridine rings is 1. The SMILES string of the molecule is C[C@H](OC(=O)Cn1ccccc1=O)C(=O)NC(=O)NC1CCCC1. The van der Waals surface area contributed by atoms with Gasteiger partial charge < -0.3 is 14.6 Å². The Kier molecular flexibility index (Phi) is 6.11. The molecule has 24 heavy (non-hydrogen) atoms. The van der Waals surface area contributed by atoms with Crippen molar-refractivity contribution >= 4 is 17.9 Å². The zero-order valence-corrected chi connectivity index (χ0v) is 13.5. The number of hydrogen-bond acceptors (Lipinski definition) is 5. The number of carbonyl (C=O) groups excluding carboxylic acids is 3. The van der Waals surface area contributed by atoms with Crippen LogP contribution in [-0.2, 0) is 20.9 Å². The van der Waals surface area contributed by atoms with Crippen LogP contribution in [0.4, 0.5) is 4.79 Å². The van der Waals surface area contributed by atoms with Crippen molar-refractivity contribution in [1.29, 1.82) is 0 Å². The Morgan fingerprint density at radius 3 is 2.67 bits per heavy atom. The molecule has 1 fully saturated rings. The molecule has 2 rings (SSSR count). The van der Waals surface area contributed by atoms with Crippen molar-refractivity contribution in [2.75, 3.05) is 0 Å². The van der Waals surface area contributed by atoms with E-state index in [1.54, 1.807) is 12.1 Å². The van der Waals surface area contributed by atoms with Crippen molar-refractivity contribution in [3.8, 4) is 0 Å². The molecule has 0 spiro atoms. The van der Waals surface area contributed by atoms with Crippen LogP contribution in [0.2, 0.25) is 0 Å². The van der Waals surface area contributed by atoms with Crippen LogP contribution in [0, 0.1) is 0 Å². The summed E-state index contributed by atoms with van der Waals surface area (Å²) in [5.41, 5.74) is -0.345. The topological polar surface area (TPSA) is 106 Å². The van der Waals surface area contributed by atoms with Crippen LogP contribution in [0.3, 0.4) is 0 Å². The van der Waals surface area contributed by atoms with E-state index in [0.717, 1.165) is 25.7 Å². The number of hydrogen-bond donors (Lipinski definition) is 2. The fraction of sp³-hybridized carbons (Fsp3) is 0.500.